The number of pyridine rings is 1. The number of carbonyl (C=O) groups excluding carboxylic acids is 3. The standard InChI is InChI=1S/C22H32N4O6S/c1-3-32-22(29)18-6-5-11-25(15-18)20(27)16-24(2)21(28)17-8-12-26(13-9-17)33(30,31)19-7-4-10-23-14-19/h4,7,10,14,17-18H,3,5-6,8-9,11-13,15-16H2,1-2H3. The number of ether oxygens (including phenoxy) is 1. The Kier molecular flexibility index (Phi) is 8.41. The second kappa shape index (κ2) is 11.1. The molecule has 0 bridgehead atoms. The van der Waals surface area contributed by atoms with Crippen LogP contribution in [0.25, 0.3) is 0 Å². The Labute approximate surface area is 194 Å². The van der Waals surface area contributed by atoms with Crippen LogP contribution in [0.15, 0.2) is 29.4 Å². The summed E-state index contributed by atoms with van der Waals surface area (Å²) in [5.74, 6) is -1.31. The first-order valence-corrected chi connectivity index (χ1v) is 12.8. The van der Waals surface area contributed by atoms with Crippen LogP contribution in [0.5, 0.6) is 0 Å². The second-order valence-electron chi connectivity index (χ2n) is 8.49. The molecule has 11 heteroatoms. The van der Waals surface area contributed by atoms with Crippen LogP contribution in [0.2, 0.25) is 0 Å². The summed E-state index contributed by atoms with van der Waals surface area (Å²) in [6.07, 6.45) is 5.03. The number of carbonyl (C=O) groups is 3. The van der Waals surface area contributed by atoms with Gasteiger partial charge in [-0.1, -0.05) is 0 Å². The Morgan fingerprint density at radius 1 is 1.15 bits per heavy atom. The van der Waals surface area contributed by atoms with Crippen molar-refractivity contribution < 1.29 is 27.5 Å². The van der Waals surface area contributed by atoms with Crippen molar-refractivity contribution in [3.8, 4) is 0 Å². The second-order valence-corrected chi connectivity index (χ2v) is 10.4. The highest BCUT2D eigenvalue weighted by molar-refractivity contribution is 7.89. The van der Waals surface area contributed by atoms with E-state index in [1.54, 1.807) is 24.9 Å². The lowest BCUT2D eigenvalue weighted by Crippen LogP contribution is -2.49. The largest absolute Gasteiger partial charge is 0.466 e. The Balaban J connectivity index is 1.50. The topological polar surface area (TPSA) is 117 Å². The van der Waals surface area contributed by atoms with E-state index < -0.39 is 10.0 Å². The van der Waals surface area contributed by atoms with Crippen LogP contribution in [0.1, 0.15) is 32.6 Å². The smallest absolute Gasteiger partial charge is 0.310 e. The number of hydrogen-bond acceptors (Lipinski definition) is 7. The molecule has 3 heterocycles. The molecule has 1 aromatic heterocycles. The van der Waals surface area contributed by atoms with E-state index in [0.29, 0.717) is 39.0 Å². The van der Waals surface area contributed by atoms with E-state index in [2.05, 4.69) is 4.98 Å². The van der Waals surface area contributed by atoms with E-state index in [-0.39, 0.29) is 54.1 Å². The van der Waals surface area contributed by atoms with Crippen molar-refractivity contribution in [3.63, 3.8) is 0 Å². The van der Waals surface area contributed by atoms with E-state index in [4.69, 9.17) is 4.74 Å². The molecule has 0 aliphatic carbocycles. The molecule has 2 saturated heterocycles. The highest BCUT2D eigenvalue weighted by Crippen LogP contribution is 2.25. The fourth-order valence-electron chi connectivity index (χ4n) is 4.34. The van der Waals surface area contributed by atoms with Gasteiger partial charge in [0.15, 0.2) is 0 Å². The van der Waals surface area contributed by atoms with Gasteiger partial charge in [0.2, 0.25) is 21.8 Å². The maximum Gasteiger partial charge on any atom is 0.310 e. The van der Waals surface area contributed by atoms with Gasteiger partial charge in [-0.3, -0.25) is 19.4 Å². The van der Waals surface area contributed by atoms with Crippen LogP contribution < -0.4 is 0 Å². The molecule has 0 saturated carbocycles. The monoisotopic (exact) mass is 480 g/mol. The molecule has 1 aromatic rings. The fraction of sp³-hybridized carbons (Fsp3) is 0.636. The number of rotatable bonds is 7. The summed E-state index contributed by atoms with van der Waals surface area (Å²) in [5.41, 5.74) is 0. The molecule has 2 aliphatic rings. The number of sulfonamides is 1. The summed E-state index contributed by atoms with van der Waals surface area (Å²) in [6.45, 7) is 3.34. The Hall–Kier alpha value is -2.53. The number of hydrogen-bond donors (Lipinski definition) is 0. The van der Waals surface area contributed by atoms with E-state index in [1.165, 1.54) is 27.7 Å². The summed E-state index contributed by atoms with van der Waals surface area (Å²) < 4.78 is 31.9. The van der Waals surface area contributed by atoms with Crippen LogP contribution in [0.4, 0.5) is 0 Å². The van der Waals surface area contributed by atoms with Crippen molar-refractivity contribution in [2.75, 3.05) is 46.4 Å². The molecule has 1 unspecified atom stereocenters. The molecule has 2 amide bonds. The molecular weight excluding hydrogens is 448 g/mol. The van der Waals surface area contributed by atoms with Crippen LogP contribution >= 0.6 is 0 Å². The van der Waals surface area contributed by atoms with Gasteiger partial charge in [-0.15, -0.1) is 0 Å². The van der Waals surface area contributed by atoms with E-state index in [9.17, 15) is 22.8 Å². The average Bonchev–Trinajstić information content (AvgIpc) is 2.84. The van der Waals surface area contributed by atoms with Gasteiger partial charge in [-0.05, 0) is 44.7 Å². The third-order valence-corrected chi connectivity index (χ3v) is 8.10. The van der Waals surface area contributed by atoms with Crippen molar-refractivity contribution in [2.45, 2.75) is 37.5 Å². The number of amides is 2. The van der Waals surface area contributed by atoms with Crippen molar-refractivity contribution in [2.24, 2.45) is 11.8 Å². The lowest BCUT2D eigenvalue weighted by atomic mass is 9.96. The fourth-order valence-corrected chi connectivity index (χ4v) is 5.77. The van der Waals surface area contributed by atoms with Gasteiger partial charge in [-0.2, -0.15) is 4.31 Å². The van der Waals surface area contributed by atoms with Crippen LogP contribution in [0.3, 0.4) is 0 Å². The van der Waals surface area contributed by atoms with Gasteiger partial charge in [0.05, 0.1) is 19.1 Å². The van der Waals surface area contributed by atoms with Gasteiger partial charge in [0.1, 0.15) is 4.90 Å². The summed E-state index contributed by atoms with van der Waals surface area (Å²) in [5, 5.41) is 0. The lowest BCUT2D eigenvalue weighted by Gasteiger charge is -2.34. The Morgan fingerprint density at radius 3 is 2.52 bits per heavy atom. The minimum absolute atomic E-state index is 0.0669. The predicted molar refractivity (Wildman–Crippen MR) is 119 cm³/mol. The van der Waals surface area contributed by atoms with Crippen molar-refractivity contribution in [1.29, 1.82) is 0 Å². The number of aromatic nitrogens is 1. The van der Waals surface area contributed by atoms with Gasteiger partial charge < -0.3 is 14.5 Å². The molecule has 0 N–H and O–H groups in total. The van der Waals surface area contributed by atoms with E-state index in [0.717, 1.165) is 6.42 Å². The predicted octanol–water partition coefficient (Wildman–Crippen LogP) is 0.742. The first kappa shape index (κ1) is 25.1. The molecule has 0 spiro atoms. The number of esters is 1. The summed E-state index contributed by atoms with van der Waals surface area (Å²) in [4.78, 5) is 44.7. The zero-order chi connectivity index (χ0) is 24.0. The minimum Gasteiger partial charge on any atom is -0.466 e. The Morgan fingerprint density at radius 2 is 1.88 bits per heavy atom. The van der Waals surface area contributed by atoms with Gasteiger partial charge in [0.25, 0.3) is 0 Å². The molecule has 0 radical (unpaired) electrons. The molecule has 10 nitrogen and oxygen atoms in total. The summed E-state index contributed by atoms with van der Waals surface area (Å²) in [6, 6.07) is 3.08. The molecule has 3 rings (SSSR count). The number of likely N-dealkylation sites (tertiary alicyclic amines) is 1. The van der Waals surface area contributed by atoms with E-state index >= 15 is 0 Å². The minimum atomic E-state index is -3.63. The number of likely N-dealkylation sites (N-methyl/N-ethyl adjacent to an activating group) is 1. The molecule has 2 aliphatic heterocycles. The molecule has 0 aromatic carbocycles. The maximum atomic E-state index is 12.9. The van der Waals surface area contributed by atoms with Crippen LogP contribution in [-0.2, 0) is 29.1 Å². The van der Waals surface area contributed by atoms with E-state index in [1.807, 2.05) is 0 Å². The lowest BCUT2D eigenvalue weighted by molar-refractivity contribution is -0.152. The first-order chi connectivity index (χ1) is 15.7. The quantitative estimate of drug-likeness (QED) is 0.529. The highest BCUT2D eigenvalue weighted by Gasteiger charge is 2.35. The third kappa shape index (κ3) is 6.08. The zero-order valence-corrected chi connectivity index (χ0v) is 20.0. The third-order valence-electron chi connectivity index (χ3n) is 6.22. The normalized spacial score (nSPS) is 20.3. The number of piperidine rings is 2. The summed E-state index contributed by atoms with van der Waals surface area (Å²) >= 11 is 0. The van der Waals surface area contributed by atoms with Crippen LogP contribution in [0, 0.1) is 11.8 Å². The maximum absolute atomic E-state index is 12.9. The van der Waals surface area contributed by atoms with Crippen molar-refractivity contribution >= 4 is 27.8 Å². The zero-order valence-electron chi connectivity index (χ0n) is 19.2. The highest BCUT2D eigenvalue weighted by atomic mass is 32.2. The molecule has 1 atom stereocenters. The Bertz CT molecular complexity index is 947. The van der Waals surface area contributed by atoms with Crippen molar-refractivity contribution in [3.05, 3.63) is 24.5 Å². The van der Waals surface area contributed by atoms with Gasteiger partial charge in [0, 0.05) is 51.5 Å². The van der Waals surface area contributed by atoms with Gasteiger partial charge >= 0.3 is 5.97 Å². The molecular formula is C22H32N4O6S. The summed E-state index contributed by atoms with van der Waals surface area (Å²) in [7, 11) is -2.05. The van der Waals surface area contributed by atoms with Crippen molar-refractivity contribution in [1.82, 2.24) is 19.1 Å². The number of nitrogens with zero attached hydrogens (tertiary/aromatic N) is 4. The first-order valence-electron chi connectivity index (χ1n) is 11.3. The molecule has 182 valence electrons. The van der Waals surface area contributed by atoms with Gasteiger partial charge in [-0.25, -0.2) is 8.42 Å². The SMILES string of the molecule is CCOC(=O)C1CCCN(C(=O)CN(C)C(=O)C2CCN(S(=O)(=O)c3cccnc3)CC2)C1. The molecule has 2 fully saturated rings. The van der Waals surface area contributed by atoms with Crippen LogP contribution in [-0.4, -0.2) is 91.7 Å². The molecule has 33 heavy (non-hydrogen) atoms. The average molecular weight is 481 g/mol.